The number of carbonyl (C=O) groups excluding carboxylic acids is 1. The van der Waals surface area contributed by atoms with Gasteiger partial charge in [0.1, 0.15) is 11.4 Å². The van der Waals surface area contributed by atoms with Gasteiger partial charge in [-0.05, 0) is 55.5 Å². The van der Waals surface area contributed by atoms with Gasteiger partial charge < -0.3 is 15.0 Å². The summed E-state index contributed by atoms with van der Waals surface area (Å²) in [7, 11) is 1.62. The van der Waals surface area contributed by atoms with Crippen LogP contribution in [-0.4, -0.2) is 37.6 Å². The predicted octanol–water partition coefficient (Wildman–Crippen LogP) is 3.57. The summed E-state index contributed by atoms with van der Waals surface area (Å²) in [5.41, 5.74) is 1.97. The number of nitrogens with one attached hydrogen (secondary N) is 1. The first-order chi connectivity index (χ1) is 13.6. The number of hydrogen-bond donors (Lipinski definition) is 1. The highest BCUT2D eigenvalue weighted by molar-refractivity contribution is 5.95. The summed E-state index contributed by atoms with van der Waals surface area (Å²) in [6.07, 6.45) is 3.89. The molecule has 28 heavy (non-hydrogen) atoms. The van der Waals surface area contributed by atoms with Crippen LogP contribution in [0.25, 0.3) is 0 Å². The molecule has 0 bridgehead atoms. The lowest BCUT2D eigenvalue weighted by Gasteiger charge is -2.28. The smallest absolute Gasteiger partial charge is 0.293 e. The van der Waals surface area contributed by atoms with Crippen molar-refractivity contribution in [2.75, 3.05) is 31.6 Å². The van der Waals surface area contributed by atoms with E-state index < -0.39 is 4.92 Å². The number of carbonyl (C=O) groups is 1. The van der Waals surface area contributed by atoms with Crippen molar-refractivity contribution in [1.82, 2.24) is 5.32 Å². The fraction of sp³-hybridized carbons (Fsp3) is 0.381. The summed E-state index contributed by atoms with van der Waals surface area (Å²) >= 11 is 0. The molecule has 0 unspecified atom stereocenters. The van der Waals surface area contributed by atoms with Crippen molar-refractivity contribution in [3.8, 4) is 5.75 Å². The van der Waals surface area contributed by atoms with E-state index in [-0.39, 0.29) is 11.6 Å². The number of nitro benzene ring substituents is 1. The molecule has 0 spiro atoms. The van der Waals surface area contributed by atoms with Crippen LogP contribution >= 0.6 is 0 Å². The number of nitro groups is 1. The van der Waals surface area contributed by atoms with Crippen LogP contribution in [0, 0.1) is 10.1 Å². The van der Waals surface area contributed by atoms with Crippen LogP contribution in [0.3, 0.4) is 0 Å². The molecule has 3 rings (SSSR count). The summed E-state index contributed by atoms with van der Waals surface area (Å²) in [5.74, 6) is 0.482. The highest BCUT2D eigenvalue weighted by Gasteiger charge is 2.23. The third-order valence-corrected chi connectivity index (χ3v) is 4.99. The van der Waals surface area contributed by atoms with Gasteiger partial charge >= 0.3 is 0 Å². The molecule has 1 fully saturated rings. The molecule has 1 aliphatic rings. The molecule has 1 amide bonds. The maximum absolute atomic E-state index is 12.4. The Morgan fingerprint density at radius 1 is 1.14 bits per heavy atom. The van der Waals surface area contributed by atoms with Gasteiger partial charge in [0.25, 0.3) is 11.6 Å². The van der Waals surface area contributed by atoms with Gasteiger partial charge in [0.05, 0.1) is 12.0 Å². The number of benzene rings is 2. The van der Waals surface area contributed by atoms with Gasteiger partial charge in [-0.1, -0.05) is 12.1 Å². The zero-order chi connectivity index (χ0) is 19.9. The van der Waals surface area contributed by atoms with Crippen LogP contribution in [0.2, 0.25) is 0 Å². The van der Waals surface area contributed by atoms with Crippen LogP contribution in [0.15, 0.2) is 42.5 Å². The Labute approximate surface area is 164 Å². The molecule has 2 aromatic rings. The zero-order valence-corrected chi connectivity index (χ0v) is 16.0. The van der Waals surface area contributed by atoms with E-state index in [1.807, 2.05) is 29.2 Å². The normalized spacial score (nSPS) is 13.8. The molecule has 1 heterocycles. The van der Waals surface area contributed by atoms with Crippen molar-refractivity contribution in [3.05, 3.63) is 63.7 Å². The van der Waals surface area contributed by atoms with E-state index in [1.165, 1.54) is 6.07 Å². The standard InChI is InChI=1S/C21H25N3O4/c1-28-18-8-5-16(6-9-18)11-12-22-21(25)17-7-10-19(20(15-17)24(26)27)23-13-3-2-4-14-23/h5-10,15H,2-4,11-14H2,1H3,(H,22,25). The Hall–Kier alpha value is -3.09. The van der Waals surface area contributed by atoms with Crippen molar-refractivity contribution >= 4 is 17.3 Å². The fourth-order valence-electron chi connectivity index (χ4n) is 3.43. The van der Waals surface area contributed by atoms with Gasteiger partial charge in [-0.25, -0.2) is 0 Å². The third kappa shape index (κ3) is 4.79. The second kappa shape index (κ2) is 9.21. The number of nitrogens with zero attached hydrogens (tertiary/aromatic N) is 2. The number of ether oxygens (including phenoxy) is 1. The molecule has 0 aliphatic carbocycles. The third-order valence-electron chi connectivity index (χ3n) is 4.99. The molecule has 2 aromatic carbocycles. The number of hydrogen-bond acceptors (Lipinski definition) is 5. The Kier molecular flexibility index (Phi) is 6.47. The Morgan fingerprint density at radius 2 is 1.86 bits per heavy atom. The second-order valence-corrected chi connectivity index (χ2v) is 6.86. The molecule has 1 saturated heterocycles. The number of amides is 1. The largest absolute Gasteiger partial charge is 0.497 e. The monoisotopic (exact) mass is 383 g/mol. The molecular formula is C21H25N3O4. The first kappa shape index (κ1) is 19.7. The van der Waals surface area contributed by atoms with Crippen molar-refractivity contribution in [3.63, 3.8) is 0 Å². The molecular weight excluding hydrogens is 358 g/mol. The van der Waals surface area contributed by atoms with Crippen LogP contribution in [-0.2, 0) is 6.42 Å². The Bertz CT molecular complexity index is 830. The lowest BCUT2D eigenvalue weighted by Crippen LogP contribution is -2.30. The minimum absolute atomic E-state index is 0.00953. The van der Waals surface area contributed by atoms with E-state index in [1.54, 1.807) is 19.2 Å². The van der Waals surface area contributed by atoms with Crippen LogP contribution in [0.5, 0.6) is 5.75 Å². The summed E-state index contributed by atoms with van der Waals surface area (Å²) < 4.78 is 5.13. The van der Waals surface area contributed by atoms with Gasteiger partial charge in [0.2, 0.25) is 0 Å². The predicted molar refractivity (Wildman–Crippen MR) is 108 cm³/mol. The van der Waals surface area contributed by atoms with Gasteiger partial charge in [0.15, 0.2) is 0 Å². The zero-order valence-electron chi connectivity index (χ0n) is 16.0. The molecule has 7 nitrogen and oxygen atoms in total. The van der Waals surface area contributed by atoms with E-state index in [0.29, 0.717) is 24.2 Å². The lowest BCUT2D eigenvalue weighted by molar-refractivity contribution is -0.384. The number of methoxy groups -OCH3 is 1. The highest BCUT2D eigenvalue weighted by Crippen LogP contribution is 2.31. The quantitative estimate of drug-likeness (QED) is 0.584. The summed E-state index contributed by atoms with van der Waals surface area (Å²) in [6, 6.07) is 12.4. The summed E-state index contributed by atoms with van der Waals surface area (Å²) in [4.78, 5) is 25.6. The summed E-state index contributed by atoms with van der Waals surface area (Å²) in [6.45, 7) is 2.08. The topological polar surface area (TPSA) is 84.7 Å². The summed E-state index contributed by atoms with van der Waals surface area (Å²) in [5, 5.41) is 14.4. The molecule has 0 radical (unpaired) electrons. The number of anilines is 1. The first-order valence-corrected chi connectivity index (χ1v) is 9.53. The van der Waals surface area contributed by atoms with Gasteiger partial charge in [-0.2, -0.15) is 0 Å². The SMILES string of the molecule is COc1ccc(CCNC(=O)c2ccc(N3CCCCC3)c([N+](=O)[O-])c2)cc1. The Morgan fingerprint density at radius 3 is 2.50 bits per heavy atom. The molecule has 148 valence electrons. The molecule has 0 aromatic heterocycles. The van der Waals surface area contributed by atoms with Crippen molar-refractivity contribution < 1.29 is 14.5 Å². The lowest BCUT2D eigenvalue weighted by atomic mass is 10.1. The van der Waals surface area contributed by atoms with Crippen molar-refractivity contribution in [2.24, 2.45) is 0 Å². The molecule has 7 heteroatoms. The average molecular weight is 383 g/mol. The van der Waals surface area contributed by atoms with Crippen molar-refractivity contribution in [2.45, 2.75) is 25.7 Å². The molecule has 1 aliphatic heterocycles. The minimum atomic E-state index is -0.405. The molecule has 1 N–H and O–H groups in total. The van der Waals surface area contributed by atoms with Crippen LogP contribution < -0.4 is 15.0 Å². The first-order valence-electron chi connectivity index (χ1n) is 9.53. The molecule has 0 atom stereocenters. The Balaban J connectivity index is 1.63. The number of piperidine rings is 1. The maximum atomic E-state index is 12.4. The molecule has 0 saturated carbocycles. The second-order valence-electron chi connectivity index (χ2n) is 6.86. The van der Waals surface area contributed by atoms with Gasteiger partial charge in [0, 0.05) is 31.3 Å². The average Bonchev–Trinajstić information content (AvgIpc) is 2.74. The van der Waals surface area contributed by atoms with Crippen LogP contribution in [0.4, 0.5) is 11.4 Å². The van der Waals surface area contributed by atoms with E-state index in [9.17, 15) is 14.9 Å². The fourth-order valence-corrected chi connectivity index (χ4v) is 3.43. The van der Waals surface area contributed by atoms with Gasteiger partial charge in [-0.3, -0.25) is 14.9 Å². The van der Waals surface area contributed by atoms with Crippen molar-refractivity contribution in [1.29, 1.82) is 0 Å². The van der Waals surface area contributed by atoms with E-state index >= 15 is 0 Å². The maximum Gasteiger partial charge on any atom is 0.293 e. The van der Waals surface area contributed by atoms with Crippen LogP contribution in [0.1, 0.15) is 35.2 Å². The number of rotatable bonds is 7. The highest BCUT2D eigenvalue weighted by atomic mass is 16.6. The minimum Gasteiger partial charge on any atom is -0.497 e. The van der Waals surface area contributed by atoms with E-state index in [2.05, 4.69) is 5.32 Å². The van der Waals surface area contributed by atoms with E-state index in [4.69, 9.17) is 4.74 Å². The van der Waals surface area contributed by atoms with Gasteiger partial charge in [-0.15, -0.1) is 0 Å². The van der Waals surface area contributed by atoms with E-state index in [0.717, 1.165) is 43.7 Å².